The van der Waals surface area contributed by atoms with Crippen LogP contribution in [0.4, 0.5) is 18.9 Å². The highest BCUT2D eigenvalue weighted by Crippen LogP contribution is 2.39. The van der Waals surface area contributed by atoms with E-state index in [-0.39, 0.29) is 24.2 Å². The van der Waals surface area contributed by atoms with Gasteiger partial charge >= 0.3 is 6.18 Å². The van der Waals surface area contributed by atoms with Gasteiger partial charge in [-0.2, -0.15) is 13.2 Å². The van der Waals surface area contributed by atoms with Crippen molar-refractivity contribution in [2.75, 3.05) is 6.54 Å². The number of hydrogen-bond acceptors (Lipinski definition) is 4. The normalized spacial score (nSPS) is 17.0. The first-order valence-electron chi connectivity index (χ1n) is 7.06. The summed E-state index contributed by atoms with van der Waals surface area (Å²) in [6.07, 6.45) is -4.57. The van der Waals surface area contributed by atoms with Gasteiger partial charge < -0.3 is 0 Å². The van der Waals surface area contributed by atoms with E-state index >= 15 is 0 Å². The topological polar surface area (TPSA) is 75.5 Å². The fourth-order valence-electron chi connectivity index (χ4n) is 2.77. The van der Waals surface area contributed by atoms with Crippen molar-refractivity contribution in [2.24, 2.45) is 0 Å². The lowest BCUT2D eigenvalue weighted by Crippen LogP contribution is -2.43. The van der Waals surface area contributed by atoms with Gasteiger partial charge in [0.15, 0.2) is 0 Å². The van der Waals surface area contributed by atoms with Crippen molar-refractivity contribution < 1.29 is 22.9 Å². The number of amides is 1. The van der Waals surface area contributed by atoms with Crippen LogP contribution in [0, 0.1) is 10.1 Å². The monoisotopic (exact) mass is 339 g/mol. The molecule has 3 rings (SSSR count). The molecule has 0 aromatic heterocycles. The lowest BCUT2D eigenvalue weighted by atomic mass is 10.0. The zero-order valence-corrected chi connectivity index (χ0v) is 12.2. The summed E-state index contributed by atoms with van der Waals surface area (Å²) in [5.41, 5.74) is 2.05. The molecule has 1 unspecified atom stereocenters. The molecule has 1 amide bonds. The van der Waals surface area contributed by atoms with E-state index in [1.807, 2.05) is 0 Å². The Morgan fingerprint density at radius 2 is 1.83 bits per heavy atom. The minimum atomic E-state index is -4.58. The van der Waals surface area contributed by atoms with Crippen molar-refractivity contribution in [2.45, 2.75) is 18.6 Å². The van der Waals surface area contributed by atoms with Gasteiger partial charge in [0.1, 0.15) is 6.04 Å². The Kier molecular flexibility index (Phi) is 3.88. The fourth-order valence-corrected chi connectivity index (χ4v) is 2.77. The fraction of sp³-hybridized carbons (Fsp3) is 0.267. The number of nitro benzene ring substituents is 1. The molecule has 6 nitrogen and oxygen atoms in total. The maximum absolute atomic E-state index is 13.5. The Bertz CT molecular complexity index is 822. The first kappa shape index (κ1) is 16.2. The summed E-state index contributed by atoms with van der Waals surface area (Å²) in [4.78, 5) is 21.4. The number of halogens is 3. The van der Waals surface area contributed by atoms with Gasteiger partial charge in [-0.1, -0.05) is 12.1 Å². The van der Waals surface area contributed by atoms with Crippen LogP contribution in [0.5, 0.6) is 0 Å². The Morgan fingerprint density at radius 3 is 2.42 bits per heavy atom. The molecule has 1 fully saturated rings. The maximum Gasteiger partial charge on any atom is 0.409 e. The molecule has 0 spiro atoms. The predicted molar refractivity (Wildman–Crippen MR) is 78.9 cm³/mol. The van der Waals surface area contributed by atoms with Crippen molar-refractivity contribution in [1.82, 2.24) is 10.4 Å². The largest absolute Gasteiger partial charge is 0.409 e. The van der Waals surface area contributed by atoms with Crippen LogP contribution in [0.15, 0.2) is 36.4 Å². The van der Waals surface area contributed by atoms with Crippen LogP contribution in [0.2, 0.25) is 0 Å². The van der Waals surface area contributed by atoms with Crippen molar-refractivity contribution >= 4 is 22.4 Å². The Balaban J connectivity index is 2.03. The molecule has 1 saturated heterocycles. The number of alkyl halides is 3. The summed E-state index contributed by atoms with van der Waals surface area (Å²) in [6.45, 7) is -0.0404. The molecule has 1 N–H and O–H groups in total. The molecule has 24 heavy (non-hydrogen) atoms. The number of fused-ring (bicyclic) bond motifs is 1. The highest BCUT2D eigenvalue weighted by atomic mass is 19.4. The minimum Gasteiger partial charge on any atom is -0.288 e. The van der Waals surface area contributed by atoms with Gasteiger partial charge in [0.05, 0.1) is 4.92 Å². The number of nitro groups is 1. The molecule has 0 saturated carbocycles. The van der Waals surface area contributed by atoms with E-state index in [1.165, 1.54) is 36.4 Å². The third-order valence-electron chi connectivity index (χ3n) is 3.84. The van der Waals surface area contributed by atoms with Crippen LogP contribution in [0.3, 0.4) is 0 Å². The number of carbonyl (C=O) groups excluding carboxylic acids is 1. The van der Waals surface area contributed by atoms with E-state index in [9.17, 15) is 28.1 Å². The number of hydrazine groups is 1. The van der Waals surface area contributed by atoms with Crippen LogP contribution in [-0.2, 0) is 4.79 Å². The zero-order chi connectivity index (χ0) is 17.5. The molecule has 0 radical (unpaired) electrons. The standard InChI is InChI=1S/C15H12F3N3O3/c16-15(17,18)14(20-6-5-13(22)19-20)11-2-1-10-8-12(21(23)24)4-3-9(10)7-11/h1-4,7-8,14H,5-6H2,(H,19,22). The second-order valence-electron chi connectivity index (χ2n) is 5.47. The van der Waals surface area contributed by atoms with Crippen molar-refractivity contribution in [3.8, 4) is 0 Å². The van der Waals surface area contributed by atoms with Gasteiger partial charge in [-0.3, -0.25) is 20.3 Å². The Hall–Kier alpha value is -2.68. The van der Waals surface area contributed by atoms with Gasteiger partial charge in [-0.15, -0.1) is 0 Å². The quantitative estimate of drug-likeness (QED) is 0.689. The average Bonchev–Trinajstić information content (AvgIpc) is 2.91. The van der Waals surface area contributed by atoms with Crippen LogP contribution in [0.25, 0.3) is 10.8 Å². The van der Waals surface area contributed by atoms with E-state index in [4.69, 9.17) is 0 Å². The highest BCUT2D eigenvalue weighted by Gasteiger charge is 2.46. The van der Waals surface area contributed by atoms with Crippen LogP contribution < -0.4 is 5.43 Å². The molecule has 0 aliphatic carbocycles. The summed E-state index contributed by atoms with van der Waals surface area (Å²) in [6, 6.07) is 6.01. The number of benzene rings is 2. The van der Waals surface area contributed by atoms with E-state index in [2.05, 4.69) is 5.43 Å². The summed E-state index contributed by atoms with van der Waals surface area (Å²) < 4.78 is 40.4. The van der Waals surface area contributed by atoms with E-state index in [0.717, 1.165) is 5.01 Å². The summed E-state index contributed by atoms with van der Waals surface area (Å²) in [5.74, 6) is -0.458. The van der Waals surface area contributed by atoms with Crippen molar-refractivity contribution in [3.63, 3.8) is 0 Å². The molecule has 9 heteroatoms. The molecule has 2 aromatic carbocycles. The lowest BCUT2D eigenvalue weighted by Gasteiger charge is -2.29. The van der Waals surface area contributed by atoms with Gasteiger partial charge in [0.25, 0.3) is 5.69 Å². The molecular formula is C15H12F3N3O3. The number of hydrogen-bond donors (Lipinski definition) is 1. The van der Waals surface area contributed by atoms with Crippen LogP contribution in [-0.4, -0.2) is 28.6 Å². The number of nitrogens with one attached hydrogen (secondary N) is 1. The molecule has 1 heterocycles. The summed E-state index contributed by atoms with van der Waals surface area (Å²) >= 11 is 0. The molecule has 1 aliphatic heterocycles. The Morgan fingerprint density at radius 1 is 1.17 bits per heavy atom. The third kappa shape index (κ3) is 3.02. The second kappa shape index (κ2) is 5.75. The smallest absolute Gasteiger partial charge is 0.288 e. The third-order valence-corrected chi connectivity index (χ3v) is 3.84. The average molecular weight is 339 g/mol. The molecule has 0 bridgehead atoms. The summed E-state index contributed by atoms with van der Waals surface area (Å²) in [5, 5.41) is 12.6. The van der Waals surface area contributed by atoms with E-state index in [0.29, 0.717) is 10.8 Å². The van der Waals surface area contributed by atoms with Gasteiger partial charge in [0.2, 0.25) is 5.91 Å². The lowest BCUT2D eigenvalue weighted by molar-refractivity contribution is -0.384. The number of non-ortho nitro benzene ring substituents is 1. The van der Waals surface area contributed by atoms with E-state index in [1.54, 1.807) is 0 Å². The van der Waals surface area contributed by atoms with Gasteiger partial charge in [0, 0.05) is 25.1 Å². The van der Waals surface area contributed by atoms with Crippen molar-refractivity contribution in [1.29, 1.82) is 0 Å². The number of nitrogens with zero attached hydrogens (tertiary/aromatic N) is 2. The van der Waals surface area contributed by atoms with Crippen LogP contribution in [0.1, 0.15) is 18.0 Å². The number of rotatable bonds is 3. The molecular weight excluding hydrogens is 327 g/mol. The predicted octanol–water partition coefficient (Wildman–Crippen LogP) is 3.09. The second-order valence-corrected chi connectivity index (χ2v) is 5.47. The molecule has 1 atom stereocenters. The highest BCUT2D eigenvalue weighted by molar-refractivity contribution is 5.85. The zero-order valence-electron chi connectivity index (χ0n) is 12.2. The number of carbonyl (C=O) groups is 1. The molecule has 2 aromatic rings. The minimum absolute atomic E-state index is 0.00631. The van der Waals surface area contributed by atoms with Gasteiger partial charge in [-0.25, -0.2) is 5.01 Å². The van der Waals surface area contributed by atoms with E-state index < -0.39 is 23.0 Å². The summed E-state index contributed by atoms with van der Waals surface area (Å²) in [7, 11) is 0. The Labute approximate surface area is 134 Å². The van der Waals surface area contributed by atoms with Gasteiger partial charge in [-0.05, 0) is 28.5 Å². The SMILES string of the molecule is O=C1CCN(C(c2ccc3cc([N+](=O)[O-])ccc3c2)C(F)(F)F)N1. The molecule has 126 valence electrons. The van der Waals surface area contributed by atoms with Crippen molar-refractivity contribution in [3.05, 3.63) is 52.1 Å². The van der Waals surface area contributed by atoms with Crippen LogP contribution >= 0.6 is 0 Å². The first-order chi connectivity index (χ1) is 11.3. The maximum atomic E-state index is 13.5. The molecule has 1 aliphatic rings. The first-order valence-corrected chi connectivity index (χ1v) is 7.06.